The molecule has 0 aliphatic carbocycles. The van der Waals surface area contributed by atoms with Gasteiger partial charge in [0.05, 0.1) is 7.11 Å². The number of hydrogen-bond acceptors (Lipinski definition) is 4. The number of rotatable bonds is 4. The minimum Gasteiger partial charge on any atom is -0.467 e. The van der Waals surface area contributed by atoms with Crippen LogP contribution in [0.3, 0.4) is 0 Å². The van der Waals surface area contributed by atoms with Gasteiger partial charge in [-0.1, -0.05) is 18.2 Å². The van der Waals surface area contributed by atoms with E-state index in [0.29, 0.717) is 6.42 Å². The molecule has 1 aliphatic rings. The Kier molecular flexibility index (Phi) is 5.11. The van der Waals surface area contributed by atoms with Crippen molar-refractivity contribution in [2.45, 2.75) is 52.1 Å². The summed E-state index contributed by atoms with van der Waals surface area (Å²) in [7, 11) is 1.36. The van der Waals surface area contributed by atoms with Gasteiger partial charge in [0.1, 0.15) is 6.10 Å². The minimum absolute atomic E-state index is 0.310. The van der Waals surface area contributed by atoms with Crippen LogP contribution in [0.4, 0.5) is 0 Å². The van der Waals surface area contributed by atoms with Gasteiger partial charge in [0.15, 0.2) is 11.9 Å². The van der Waals surface area contributed by atoms with Crippen molar-refractivity contribution in [3.8, 4) is 0 Å². The normalized spacial score (nSPS) is 27.7. The number of methoxy groups -OCH3 is 1. The summed E-state index contributed by atoms with van der Waals surface area (Å²) >= 11 is 0. The van der Waals surface area contributed by atoms with Crippen molar-refractivity contribution in [2.24, 2.45) is 0 Å². The third-order valence-corrected chi connectivity index (χ3v) is 2.81. The lowest BCUT2D eigenvalue weighted by molar-refractivity contribution is -0.168. The molecule has 1 rings (SSSR count). The monoisotopic (exact) mass is 254 g/mol. The number of ether oxygens (including phenoxy) is 3. The molecule has 1 heterocycles. The van der Waals surface area contributed by atoms with E-state index in [0.717, 1.165) is 5.57 Å². The first-order valence-electron chi connectivity index (χ1n) is 6.15. The van der Waals surface area contributed by atoms with E-state index in [2.05, 4.69) is 0 Å². The van der Waals surface area contributed by atoms with E-state index in [1.165, 1.54) is 7.11 Å². The molecule has 4 nitrogen and oxygen atoms in total. The van der Waals surface area contributed by atoms with Gasteiger partial charge in [-0.15, -0.1) is 0 Å². The fraction of sp³-hybridized carbons (Fsp3) is 0.643. The zero-order valence-electron chi connectivity index (χ0n) is 11.7. The van der Waals surface area contributed by atoms with Crippen molar-refractivity contribution in [3.63, 3.8) is 0 Å². The van der Waals surface area contributed by atoms with Crippen LogP contribution in [0.2, 0.25) is 0 Å². The lowest BCUT2D eigenvalue weighted by atomic mass is 10.0. The zero-order chi connectivity index (χ0) is 13.8. The summed E-state index contributed by atoms with van der Waals surface area (Å²) in [6.45, 7) is 7.52. The molecule has 2 atom stereocenters. The molecule has 0 radical (unpaired) electrons. The summed E-state index contributed by atoms with van der Waals surface area (Å²) in [5.74, 6) is -1.14. The van der Waals surface area contributed by atoms with Gasteiger partial charge in [0, 0.05) is 6.42 Å². The van der Waals surface area contributed by atoms with Crippen molar-refractivity contribution in [3.05, 3.63) is 23.8 Å². The maximum absolute atomic E-state index is 11.7. The molecule has 0 bridgehead atoms. The quantitative estimate of drug-likeness (QED) is 0.571. The number of hydrogen-bond donors (Lipinski definition) is 0. The lowest BCUT2D eigenvalue weighted by Crippen LogP contribution is -2.32. The predicted molar refractivity (Wildman–Crippen MR) is 69.0 cm³/mol. The lowest BCUT2D eigenvalue weighted by Gasteiger charge is -2.16. The van der Waals surface area contributed by atoms with Gasteiger partial charge in [0.2, 0.25) is 0 Å². The maximum atomic E-state index is 11.7. The molecule has 0 N–H and O–H groups in total. The number of esters is 1. The second-order valence-electron chi connectivity index (χ2n) is 4.69. The van der Waals surface area contributed by atoms with Crippen molar-refractivity contribution in [1.29, 1.82) is 0 Å². The zero-order valence-corrected chi connectivity index (χ0v) is 11.7. The van der Waals surface area contributed by atoms with E-state index in [9.17, 15) is 4.79 Å². The Bertz CT molecular complexity index is 355. The van der Waals surface area contributed by atoms with Gasteiger partial charge in [0.25, 0.3) is 0 Å². The Morgan fingerprint density at radius 3 is 2.50 bits per heavy atom. The van der Waals surface area contributed by atoms with Crippen molar-refractivity contribution in [2.75, 3.05) is 7.11 Å². The second-order valence-corrected chi connectivity index (χ2v) is 4.69. The summed E-state index contributed by atoms with van der Waals surface area (Å²) in [5, 5.41) is 0. The molecular weight excluding hydrogens is 232 g/mol. The third kappa shape index (κ3) is 3.68. The molecule has 0 aromatic carbocycles. The summed E-state index contributed by atoms with van der Waals surface area (Å²) in [6.07, 6.45) is 5.62. The highest BCUT2D eigenvalue weighted by atomic mass is 16.8. The SMILES string of the molecule is CC=CC(=CC)CC1OC(C)(C)OC1C(=O)OC. The fourth-order valence-corrected chi connectivity index (χ4v) is 2.03. The highest BCUT2D eigenvalue weighted by molar-refractivity contribution is 5.75. The fourth-order valence-electron chi connectivity index (χ4n) is 2.03. The predicted octanol–water partition coefficient (Wildman–Crippen LogP) is 2.59. The Balaban J connectivity index is 2.81. The molecule has 4 heteroatoms. The second kappa shape index (κ2) is 6.16. The van der Waals surface area contributed by atoms with E-state index in [4.69, 9.17) is 14.2 Å². The highest BCUT2D eigenvalue weighted by Crippen LogP contribution is 2.32. The minimum atomic E-state index is -0.752. The van der Waals surface area contributed by atoms with Crippen molar-refractivity contribution in [1.82, 2.24) is 0 Å². The highest BCUT2D eigenvalue weighted by Gasteiger charge is 2.45. The van der Waals surface area contributed by atoms with Crippen molar-refractivity contribution < 1.29 is 19.0 Å². The molecule has 0 aromatic rings. The van der Waals surface area contributed by atoms with E-state index >= 15 is 0 Å². The van der Waals surface area contributed by atoms with Gasteiger partial charge >= 0.3 is 5.97 Å². The summed E-state index contributed by atoms with van der Waals surface area (Å²) < 4.78 is 16.1. The van der Waals surface area contributed by atoms with Crippen molar-refractivity contribution >= 4 is 5.97 Å². The molecule has 2 unspecified atom stereocenters. The van der Waals surface area contributed by atoms with Crippen LogP contribution >= 0.6 is 0 Å². The average molecular weight is 254 g/mol. The van der Waals surface area contributed by atoms with E-state index in [1.54, 1.807) is 13.8 Å². The van der Waals surface area contributed by atoms with Crippen LogP contribution in [0.15, 0.2) is 23.8 Å². The third-order valence-electron chi connectivity index (χ3n) is 2.81. The van der Waals surface area contributed by atoms with Gasteiger partial charge in [-0.05, 0) is 33.3 Å². The molecule has 0 aromatic heterocycles. The van der Waals surface area contributed by atoms with E-state index in [-0.39, 0.29) is 12.1 Å². The Morgan fingerprint density at radius 1 is 1.33 bits per heavy atom. The Labute approximate surface area is 109 Å². The molecule has 102 valence electrons. The molecule has 18 heavy (non-hydrogen) atoms. The van der Waals surface area contributed by atoms with Gasteiger partial charge in [-0.2, -0.15) is 0 Å². The Hall–Kier alpha value is -1.13. The first-order valence-corrected chi connectivity index (χ1v) is 6.15. The van der Waals surface area contributed by atoms with Crippen LogP contribution in [0.1, 0.15) is 34.1 Å². The maximum Gasteiger partial charge on any atom is 0.337 e. The number of carbonyl (C=O) groups is 1. The van der Waals surface area contributed by atoms with Gasteiger partial charge < -0.3 is 14.2 Å². The van der Waals surface area contributed by atoms with Crippen LogP contribution in [-0.4, -0.2) is 31.1 Å². The molecular formula is C14H22O4. The number of carbonyl (C=O) groups excluding carboxylic acids is 1. The largest absolute Gasteiger partial charge is 0.467 e. The van der Waals surface area contributed by atoms with Gasteiger partial charge in [-0.3, -0.25) is 0 Å². The number of allylic oxidation sites excluding steroid dienone is 3. The summed E-state index contributed by atoms with van der Waals surface area (Å²) in [6, 6.07) is 0. The molecule has 0 spiro atoms. The van der Waals surface area contributed by atoms with Gasteiger partial charge in [-0.25, -0.2) is 4.79 Å². The van der Waals surface area contributed by atoms with Crippen LogP contribution < -0.4 is 0 Å². The topological polar surface area (TPSA) is 44.8 Å². The molecule has 0 saturated carbocycles. The summed E-state index contributed by atoms with van der Waals surface area (Å²) in [4.78, 5) is 11.7. The Morgan fingerprint density at radius 2 is 2.00 bits per heavy atom. The van der Waals surface area contributed by atoms with Crippen LogP contribution in [0.5, 0.6) is 0 Å². The molecule has 1 aliphatic heterocycles. The van der Waals surface area contributed by atoms with E-state index in [1.807, 2.05) is 32.1 Å². The molecule has 1 saturated heterocycles. The first-order chi connectivity index (χ1) is 8.43. The van der Waals surface area contributed by atoms with Crippen LogP contribution in [0.25, 0.3) is 0 Å². The van der Waals surface area contributed by atoms with Crippen LogP contribution in [0, 0.1) is 0 Å². The standard InChI is InChI=1S/C14H22O4/c1-6-8-10(7-2)9-11-12(13(15)16-5)18-14(3,4)17-11/h6-8,11-12H,9H2,1-5H3. The van der Waals surface area contributed by atoms with Crippen LogP contribution in [-0.2, 0) is 19.0 Å². The summed E-state index contributed by atoms with van der Waals surface area (Å²) in [5.41, 5.74) is 1.11. The first kappa shape index (κ1) is 14.9. The molecule has 1 fully saturated rings. The molecule has 0 amide bonds. The average Bonchev–Trinajstić information content (AvgIpc) is 2.62. The smallest absolute Gasteiger partial charge is 0.337 e. The van der Waals surface area contributed by atoms with E-state index < -0.39 is 11.9 Å².